The SMILES string of the molecule is [CH]C(CCCCCCC)=NNc1ccc([N+](=O)[O-])cc1[N+](=O)[O-]. The number of nitrogens with one attached hydrogen (secondary N) is 1. The predicted molar refractivity (Wildman–Crippen MR) is 88.5 cm³/mol. The molecular weight excluding hydrogens is 300 g/mol. The standard InChI is InChI=1S/C15H20N4O4/c1-3-4-5-6-7-8-12(2)16-17-14-10-9-13(18(20)21)11-15(14)19(22)23/h2,9-11,17H,3-8H2,1H3. The molecule has 1 aromatic carbocycles. The van der Waals surface area contributed by atoms with Crippen molar-refractivity contribution in [1.82, 2.24) is 0 Å². The lowest BCUT2D eigenvalue weighted by molar-refractivity contribution is -0.393. The van der Waals surface area contributed by atoms with Crippen molar-refractivity contribution in [3.8, 4) is 0 Å². The Kier molecular flexibility index (Phi) is 7.65. The van der Waals surface area contributed by atoms with E-state index in [2.05, 4.69) is 17.5 Å². The van der Waals surface area contributed by atoms with E-state index >= 15 is 0 Å². The zero-order valence-corrected chi connectivity index (χ0v) is 13.0. The number of nitrogens with zero attached hydrogens (tertiary/aromatic N) is 3. The highest BCUT2D eigenvalue weighted by Crippen LogP contribution is 2.28. The normalized spacial score (nSPS) is 11.3. The Hall–Kier alpha value is -2.51. The fourth-order valence-electron chi connectivity index (χ4n) is 1.98. The van der Waals surface area contributed by atoms with Crippen LogP contribution in [0.2, 0.25) is 0 Å². The maximum absolute atomic E-state index is 11.0. The Labute approximate surface area is 134 Å². The second-order valence-corrected chi connectivity index (χ2v) is 5.09. The highest BCUT2D eigenvalue weighted by molar-refractivity contribution is 5.89. The third-order valence-electron chi connectivity index (χ3n) is 3.25. The van der Waals surface area contributed by atoms with Crippen LogP contribution in [0.3, 0.4) is 0 Å². The minimum atomic E-state index is -0.703. The number of anilines is 1. The Morgan fingerprint density at radius 2 is 1.87 bits per heavy atom. The number of hydrogen-bond acceptors (Lipinski definition) is 6. The maximum atomic E-state index is 11.0. The number of unbranched alkanes of at least 4 members (excludes halogenated alkanes) is 4. The Morgan fingerprint density at radius 3 is 2.48 bits per heavy atom. The second-order valence-electron chi connectivity index (χ2n) is 5.09. The van der Waals surface area contributed by atoms with Gasteiger partial charge < -0.3 is 0 Å². The molecule has 1 N–H and O–H groups in total. The third-order valence-corrected chi connectivity index (χ3v) is 3.25. The molecule has 1 rings (SSSR count). The maximum Gasteiger partial charge on any atom is 0.301 e. The van der Waals surface area contributed by atoms with Crippen molar-refractivity contribution in [2.75, 3.05) is 5.43 Å². The van der Waals surface area contributed by atoms with Gasteiger partial charge in [-0.3, -0.25) is 25.7 Å². The molecule has 0 saturated heterocycles. The lowest BCUT2D eigenvalue weighted by Gasteiger charge is -2.04. The van der Waals surface area contributed by atoms with Crippen molar-refractivity contribution >= 4 is 22.8 Å². The molecule has 1 aromatic rings. The molecule has 8 heteroatoms. The minimum absolute atomic E-state index is 0.0644. The average Bonchev–Trinajstić information content (AvgIpc) is 2.52. The monoisotopic (exact) mass is 320 g/mol. The van der Waals surface area contributed by atoms with Crippen LogP contribution in [0.25, 0.3) is 0 Å². The van der Waals surface area contributed by atoms with Gasteiger partial charge in [0.05, 0.1) is 15.9 Å². The number of rotatable bonds is 10. The van der Waals surface area contributed by atoms with Crippen LogP contribution in [0, 0.1) is 27.2 Å². The van der Waals surface area contributed by atoms with Crippen LogP contribution < -0.4 is 5.43 Å². The summed E-state index contributed by atoms with van der Waals surface area (Å²) in [5.74, 6) is 0. The van der Waals surface area contributed by atoms with E-state index in [0.29, 0.717) is 12.1 Å². The molecule has 0 spiro atoms. The summed E-state index contributed by atoms with van der Waals surface area (Å²) in [6.07, 6.45) is 6.04. The third kappa shape index (κ3) is 6.41. The number of hydrogen-bond donors (Lipinski definition) is 1. The van der Waals surface area contributed by atoms with Crippen LogP contribution in [-0.4, -0.2) is 15.6 Å². The van der Waals surface area contributed by atoms with Gasteiger partial charge in [0.1, 0.15) is 5.69 Å². The first-order chi connectivity index (χ1) is 11.0. The first-order valence-corrected chi connectivity index (χ1v) is 7.46. The van der Waals surface area contributed by atoms with Crippen molar-refractivity contribution in [3.05, 3.63) is 45.4 Å². The van der Waals surface area contributed by atoms with Crippen molar-refractivity contribution in [2.45, 2.75) is 45.4 Å². The van der Waals surface area contributed by atoms with Gasteiger partial charge in [-0.1, -0.05) is 32.6 Å². The van der Waals surface area contributed by atoms with Crippen LogP contribution in [0.1, 0.15) is 45.4 Å². The summed E-state index contributed by atoms with van der Waals surface area (Å²) in [6.45, 7) is 7.89. The number of hydrazone groups is 1. The molecule has 0 aromatic heterocycles. The van der Waals surface area contributed by atoms with E-state index in [1.165, 1.54) is 18.6 Å². The molecule has 124 valence electrons. The van der Waals surface area contributed by atoms with Crippen LogP contribution in [0.4, 0.5) is 17.1 Å². The number of nitro groups is 2. The summed E-state index contributed by atoms with van der Waals surface area (Å²) in [7, 11) is 0. The molecule has 0 aliphatic heterocycles. The van der Waals surface area contributed by atoms with Gasteiger partial charge in [0.15, 0.2) is 0 Å². The van der Waals surface area contributed by atoms with Gasteiger partial charge in [0.2, 0.25) is 0 Å². The number of nitro benzene ring substituents is 2. The van der Waals surface area contributed by atoms with E-state index < -0.39 is 15.5 Å². The summed E-state index contributed by atoms with van der Waals surface area (Å²) in [5.41, 5.74) is 2.15. The predicted octanol–water partition coefficient (Wildman–Crippen LogP) is 4.34. The topological polar surface area (TPSA) is 111 Å². The minimum Gasteiger partial charge on any atom is -0.272 e. The largest absolute Gasteiger partial charge is 0.301 e. The van der Waals surface area contributed by atoms with Crippen LogP contribution in [-0.2, 0) is 0 Å². The van der Waals surface area contributed by atoms with E-state index in [1.54, 1.807) is 0 Å². The second kappa shape index (κ2) is 9.50. The highest BCUT2D eigenvalue weighted by Gasteiger charge is 2.19. The van der Waals surface area contributed by atoms with Gasteiger partial charge in [0, 0.05) is 18.7 Å². The van der Waals surface area contributed by atoms with Crippen molar-refractivity contribution in [2.24, 2.45) is 5.10 Å². The molecule has 0 heterocycles. The van der Waals surface area contributed by atoms with E-state index in [4.69, 9.17) is 6.92 Å². The molecule has 0 bridgehead atoms. The van der Waals surface area contributed by atoms with Gasteiger partial charge in [0.25, 0.3) is 5.69 Å². The quantitative estimate of drug-likeness (QED) is 0.298. The Morgan fingerprint density at radius 1 is 1.17 bits per heavy atom. The van der Waals surface area contributed by atoms with Gasteiger partial charge in [-0.2, -0.15) is 5.10 Å². The zero-order valence-electron chi connectivity index (χ0n) is 13.0. The zero-order chi connectivity index (χ0) is 17.2. The van der Waals surface area contributed by atoms with Gasteiger partial charge in [-0.05, 0) is 18.9 Å². The van der Waals surface area contributed by atoms with Crippen molar-refractivity contribution < 1.29 is 9.85 Å². The summed E-state index contributed by atoms with van der Waals surface area (Å²) >= 11 is 0. The molecule has 0 saturated carbocycles. The molecule has 0 atom stereocenters. The van der Waals surface area contributed by atoms with Crippen LogP contribution in [0.5, 0.6) is 0 Å². The molecule has 2 radical (unpaired) electrons. The van der Waals surface area contributed by atoms with E-state index in [9.17, 15) is 20.2 Å². The average molecular weight is 320 g/mol. The summed E-state index contributed by atoms with van der Waals surface area (Å²) in [6, 6.07) is 3.30. The molecular formula is C15H20N4O4. The van der Waals surface area contributed by atoms with Crippen LogP contribution in [0.15, 0.2) is 23.3 Å². The first kappa shape index (κ1) is 18.5. The smallest absolute Gasteiger partial charge is 0.272 e. The lowest BCUT2D eigenvalue weighted by atomic mass is 10.1. The molecule has 0 aliphatic rings. The lowest BCUT2D eigenvalue weighted by Crippen LogP contribution is -2.01. The summed E-state index contributed by atoms with van der Waals surface area (Å²) in [5, 5.41) is 25.5. The van der Waals surface area contributed by atoms with Gasteiger partial charge >= 0.3 is 5.69 Å². The van der Waals surface area contributed by atoms with Crippen molar-refractivity contribution in [1.29, 1.82) is 0 Å². The Bertz CT molecular complexity index is 587. The fraction of sp³-hybridized carbons (Fsp3) is 0.467. The summed E-state index contributed by atoms with van der Waals surface area (Å²) < 4.78 is 0. The van der Waals surface area contributed by atoms with Gasteiger partial charge in [-0.15, -0.1) is 0 Å². The van der Waals surface area contributed by atoms with Crippen molar-refractivity contribution in [3.63, 3.8) is 0 Å². The molecule has 0 amide bonds. The fourth-order valence-corrected chi connectivity index (χ4v) is 1.98. The first-order valence-electron chi connectivity index (χ1n) is 7.46. The van der Waals surface area contributed by atoms with E-state index in [0.717, 1.165) is 31.7 Å². The molecule has 8 nitrogen and oxygen atoms in total. The molecule has 0 unspecified atom stereocenters. The number of benzene rings is 1. The van der Waals surface area contributed by atoms with E-state index in [-0.39, 0.29) is 11.4 Å². The van der Waals surface area contributed by atoms with Crippen LogP contribution >= 0.6 is 0 Å². The summed E-state index contributed by atoms with van der Waals surface area (Å²) in [4.78, 5) is 20.2. The molecule has 23 heavy (non-hydrogen) atoms. The molecule has 0 fully saturated rings. The Balaban J connectivity index is 2.67. The molecule has 0 aliphatic carbocycles. The highest BCUT2D eigenvalue weighted by atomic mass is 16.6. The van der Waals surface area contributed by atoms with Gasteiger partial charge in [-0.25, -0.2) is 0 Å². The van der Waals surface area contributed by atoms with E-state index in [1.807, 2.05) is 0 Å². The number of non-ortho nitro benzene ring substituents is 1.